The molecule has 0 saturated carbocycles. The van der Waals surface area contributed by atoms with Gasteiger partial charge in [-0.25, -0.2) is 19.4 Å². The van der Waals surface area contributed by atoms with Gasteiger partial charge in [0, 0.05) is 29.2 Å². The highest BCUT2D eigenvalue weighted by molar-refractivity contribution is 6.31. The molecule has 0 fully saturated rings. The third-order valence-electron chi connectivity index (χ3n) is 7.02. The van der Waals surface area contributed by atoms with Crippen molar-refractivity contribution in [3.05, 3.63) is 81.6 Å². The summed E-state index contributed by atoms with van der Waals surface area (Å²) in [7, 11) is 2.08. The molecule has 0 bridgehead atoms. The molecule has 0 aliphatic carbocycles. The number of aromatic nitrogens is 4. The van der Waals surface area contributed by atoms with E-state index in [0.717, 1.165) is 36.0 Å². The summed E-state index contributed by atoms with van der Waals surface area (Å²) in [6, 6.07) is 11.7. The lowest BCUT2D eigenvalue weighted by molar-refractivity contribution is 0.368. The third-order valence-corrected chi connectivity index (χ3v) is 7.24. The minimum absolute atomic E-state index is 0.00400. The summed E-state index contributed by atoms with van der Waals surface area (Å²) >= 11 is 6.23. The van der Waals surface area contributed by atoms with Crippen LogP contribution in [0.25, 0.3) is 38.6 Å². The highest BCUT2D eigenvalue weighted by Gasteiger charge is 2.28. The summed E-state index contributed by atoms with van der Waals surface area (Å²) < 4.78 is 7.73. The van der Waals surface area contributed by atoms with E-state index < -0.39 is 11.7 Å². The van der Waals surface area contributed by atoms with Crippen molar-refractivity contribution in [2.45, 2.75) is 19.4 Å². The molecule has 10 heteroatoms. The number of hydrogen-bond donors (Lipinski definition) is 2. The zero-order valence-electron chi connectivity index (χ0n) is 20.8. The fourth-order valence-corrected chi connectivity index (χ4v) is 5.36. The lowest BCUT2D eigenvalue weighted by Crippen LogP contribution is -2.24. The van der Waals surface area contributed by atoms with Gasteiger partial charge in [0.25, 0.3) is 0 Å². The van der Waals surface area contributed by atoms with Crippen molar-refractivity contribution in [3.63, 3.8) is 0 Å². The van der Waals surface area contributed by atoms with Crippen LogP contribution in [0.1, 0.15) is 30.7 Å². The van der Waals surface area contributed by atoms with Crippen LogP contribution in [-0.4, -0.2) is 49.9 Å². The summed E-state index contributed by atoms with van der Waals surface area (Å²) in [6.07, 6.45) is 4.37. The van der Waals surface area contributed by atoms with E-state index in [0.29, 0.717) is 38.5 Å². The van der Waals surface area contributed by atoms with E-state index >= 15 is 0 Å². The lowest BCUT2D eigenvalue weighted by atomic mass is 9.92. The molecule has 0 saturated heterocycles. The van der Waals surface area contributed by atoms with Gasteiger partial charge in [-0.2, -0.15) is 5.10 Å². The summed E-state index contributed by atoms with van der Waals surface area (Å²) in [5, 5.41) is 17.3. The van der Waals surface area contributed by atoms with Gasteiger partial charge in [-0.1, -0.05) is 35.9 Å². The molecule has 5 aromatic rings. The molecule has 1 unspecified atom stereocenters. The molecular weight excluding hydrogens is 504 g/mol. The van der Waals surface area contributed by atoms with E-state index in [4.69, 9.17) is 26.9 Å². The molecule has 1 aliphatic rings. The summed E-state index contributed by atoms with van der Waals surface area (Å²) in [5.41, 5.74) is 9.40. The SMILES string of the molecule is CC(c1oc(=O)c2ccccc2c1C1=CCN(C)CC1)n1nc(-c2cc(O)cc(Cl)c2)c2c(N)ncnc21. The Labute approximate surface area is 222 Å². The smallest absolute Gasteiger partial charge is 0.343 e. The number of halogens is 1. The van der Waals surface area contributed by atoms with Crippen molar-refractivity contribution in [3.8, 4) is 17.0 Å². The van der Waals surface area contributed by atoms with Crippen LogP contribution >= 0.6 is 11.6 Å². The van der Waals surface area contributed by atoms with Crippen LogP contribution in [0.4, 0.5) is 5.82 Å². The number of hydrogen-bond acceptors (Lipinski definition) is 8. The molecule has 1 aliphatic heterocycles. The molecule has 9 nitrogen and oxygen atoms in total. The molecule has 192 valence electrons. The molecule has 4 heterocycles. The number of nitrogens with two attached hydrogens (primary N) is 1. The average Bonchev–Trinajstić information content (AvgIpc) is 3.30. The number of nitrogen functional groups attached to an aromatic ring is 1. The van der Waals surface area contributed by atoms with Crippen LogP contribution in [-0.2, 0) is 0 Å². The van der Waals surface area contributed by atoms with Gasteiger partial charge >= 0.3 is 5.63 Å². The van der Waals surface area contributed by atoms with E-state index in [9.17, 15) is 9.90 Å². The van der Waals surface area contributed by atoms with Gasteiger partial charge in [0.1, 0.15) is 35.4 Å². The van der Waals surface area contributed by atoms with E-state index in [1.807, 2.05) is 25.1 Å². The largest absolute Gasteiger partial charge is 0.508 e. The first-order valence-electron chi connectivity index (χ1n) is 12.2. The van der Waals surface area contributed by atoms with Gasteiger partial charge in [-0.3, -0.25) is 0 Å². The maximum Gasteiger partial charge on any atom is 0.343 e. The maximum absolute atomic E-state index is 13.1. The van der Waals surface area contributed by atoms with E-state index in [1.54, 1.807) is 22.9 Å². The third kappa shape index (κ3) is 4.00. The Morgan fingerprint density at radius 3 is 2.68 bits per heavy atom. The highest BCUT2D eigenvalue weighted by atomic mass is 35.5. The van der Waals surface area contributed by atoms with E-state index in [-0.39, 0.29) is 11.6 Å². The van der Waals surface area contributed by atoms with Gasteiger partial charge in [0.05, 0.1) is 10.8 Å². The van der Waals surface area contributed by atoms with Gasteiger partial charge in [-0.05, 0) is 55.6 Å². The number of fused-ring (bicyclic) bond motifs is 2. The first kappa shape index (κ1) is 24.1. The molecule has 3 N–H and O–H groups in total. The molecule has 38 heavy (non-hydrogen) atoms. The minimum atomic E-state index is -0.527. The quantitative estimate of drug-likeness (QED) is 0.338. The first-order valence-corrected chi connectivity index (χ1v) is 12.6. The second kappa shape index (κ2) is 9.27. The van der Waals surface area contributed by atoms with Crippen LogP contribution in [0.3, 0.4) is 0 Å². The van der Waals surface area contributed by atoms with Crippen molar-refractivity contribution in [2.75, 3.05) is 25.9 Å². The molecule has 0 spiro atoms. The molecular formula is C28H25ClN6O3. The van der Waals surface area contributed by atoms with Crippen LogP contribution in [0, 0.1) is 0 Å². The number of anilines is 1. The Hall–Kier alpha value is -4.21. The van der Waals surface area contributed by atoms with Crippen molar-refractivity contribution in [2.24, 2.45) is 0 Å². The topological polar surface area (TPSA) is 123 Å². The molecule has 0 amide bonds. The summed E-state index contributed by atoms with van der Waals surface area (Å²) in [6.45, 7) is 3.60. The Kier molecular flexibility index (Phi) is 5.89. The standard InChI is InChI=1S/C28H25ClN6O3/c1-15(25-22(16-7-9-34(2)10-8-16)20-5-3-4-6-21(20)28(37)38-25)35-27-23(26(30)31-14-32-27)24(33-35)17-11-18(29)13-19(36)12-17/h3-7,11-15,36H,8-10H2,1-2H3,(H2,30,31,32). The Bertz CT molecular complexity index is 1790. The normalized spacial score (nSPS) is 15.2. The van der Waals surface area contributed by atoms with Crippen LogP contribution in [0.15, 0.2) is 64.1 Å². The monoisotopic (exact) mass is 528 g/mol. The second-order valence-corrected chi connectivity index (χ2v) is 9.98. The van der Waals surface area contributed by atoms with Gasteiger partial charge in [0.15, 0.2) is 5.65 Å². The maximum atomic E-state index is 13.1. The van der Waals surface area contributed by atoms with E-state index in [1.165, 1.54) is 12.4 Å². The summed E-state index contributed by atoms with van der Waals surface area (Å²) in [5.74, 6) is 0.725. The number of likely N-dealkylation sites (N-methyl/N-ethyl adjacent to an activating group) is 1. The zero-order chi connectivity index (χ0) is 26.6. The van der Waals surface area contributed by atoms with Gasteiger partial charge < -0.3 is 20.2 Å². The fraction of sp³-hybridized carbons (Fsp3) is 0.214. The molecule has 2 aromatic carbocycles. The van der Waals surface area contributed by atoms with Crippen LogP contribution in [0.5, 0.6) is 5.75 Å². The Balaban J connectivity index is 1.62. The summed E-state index contributed by atoms with van der Waals surface area (Å²) in [4.78, 5) is 24.0. The molecule has 1 atom stereocenters. The Morgan fingerprint density at radius 2 is 1.95 bits per heavy atom. The fourth-order valence-electron chi connectivity index (χ4n) is 5.13. The number of benzene rings is 2. The first-order chi connectivity index (χ1) is 18.3. The number of aromatic hydroxyl groups is 1. The van der Waals surface area contributed by atoms with Gasteiger partial charge in [0.2, 0.25) is 0 Å². The van der Waals surface area contributed by atoms with Crippen molar-refractivity contribution in [1.82, 2.24) is 24.6 Å². The predicted octanol–water partition coefficient (Wildman–Crippen LogP) is 4.87. The minimum Gasteiger partial charge on any atom is -0.508 e. The van der Waals surface area contributed by atoms with Gasteiger partial charge in [-0.15, -0.1) is 0 Å². The molecule has 3 aromatic heterocycles. The lowest BCUT2D eigenvalue weighted by Gasteiger charge is -2.25. The number of phenolic OH excluding ortho intramolecular Hbond substituents is 1. The number of nitrogens with zero attached hydrogens (tertiary/aromatic N) is 5. The predicted molar refractivity (Wildman–Crippen MR) is 148 cm³/mol. The van der Waals surface area contributed by atoms with Crippen LogP contribution < -0.4 is 11.4 Å². The second-order valence-electron chi connectivity index (χ2n) is 9.54. The van der Waals surface area contributed by atoms with Crippen molar-refractivity contribution in [1.29, 1.82) is 0 Å². The van der Waals surface area contributed by atoms with Crippen LogP contribution in [0.2, 0.25) is 5.02 Å². The molecule has 0 radical (unpaired) electrons. The number of phenols is 1. The van der Waals surface area contributed by atoms with Crippen molar-refractivity contribution >= 4 is 44.8 Å². The van der Waals surface area contributed by atoms with Crippen molar-refractivity contribution < 1.29 is 9.52 Å². The van der Waals surface area contributed by atoms with E-state index in [2.05, 4.69) is 28.0 Å². The zero-order valence-corrected chi connectivity index (χ0v) is 21.6. The average molecular weight is 529 g/mol. The molecule has 6 rings (SSSR count). The number of rotatable bonds is 4. The Morgan fingerprint density at radius 1 is 1.16 bits per heavy atom. The highest BCUT2D eigenvalue weighted by Crippen LogP contribution is 2.39.